The van der Waals surface area contributed by atoms with E-state index < -0.39 is 17.7 Å². The predicted octanol–water partition coefficient (Wildman–Crippen LogP) is 3.54. The maximum atomic E-state index is 13.7. The molecule has 0 radical (unpaired) electrons. The highest BCUT2D eigenvalue weighted by Gasteiger charge is 2.24. The Labute approximate surface area is 112 Å². The first-order valence-electron chi connectivity index (χ1n) is 5.19. The Bertz CT molecular complexity index is 551. The Hall–Kier alpha value is -1.01. The fourth-order valence-corrected chi connectivity index (χ4v) is 3.09. The molecule has 0 aliphatic carbocycles. The molecule has 0 saturated carbocycles. The molecule has 1 atom stereocenters. The summed E-state index contributed by atoms with van der Waals surface area (Å²) in [4.78, 5) is 0.598. The smallest absolute Gasteiger partial charge is 0.131 e. The SMILES string of the molecule is Cc1csc(C(NN)c2c(F)cccc2F)c1Cl. The van der Waals surface area contributed by atoms with Gasteiger partial charge in [0, 0.05) is 10.4 Å². The molecule has 0 aliphatic rings. The number of nitrogens with one attached hydrogen (secondary N) is 1. The molecule has 6 heteroatoms. The molecule has 0 aliphatic heterocycles. The third-order valence-corrected chi connectivity index (χ3v) is 4.42. The van der Waals surface area contributed by atoms with Crippen molar-refractivity contribution in [2.24, 2.45) is 5.84 Å². The van der Waals surface area contributed by atoms with Crippen LogP contribution in [-0.2, 0) is 0 Å². The lowest BCUT2D eigenvalue weighted by Crippen LogP contribution is -2.30. The van der Waals surface area contributed by atoms with Gasteiger partial charge in [-0.05, 0) is 30.0 Å². The van der Waals surface area contributed by atoms with E-state index in [0.717, 1.165) is 5.56 Å². The maximum absolute atomic E-state index is 13.7. The van der Waals surface area contributed by atoms with Crippen molar-refractivity contribution in [2.75, 3.05) is 0 Å². The number of hydrogen-bond donors (Lipinski definition) is 2. The Morgan fingerprint density at radius 1 is 1.33 bits per heavy atom. The Morgan fingerprint density at radius 2 is 1.94 bits per heavy atom. The summed E-state index contributed by atoms with van der Waals surface area (Å²) in [5, 5.41) is 2.30. The van der Waals surface area contributed by atoms with Crippen LogP contribution in [0.2, 0.25) is 5.02 Å². The maximum Gasteiger partial charge on any atom is 0.131 e. The first-order valence-corrected chi connectivity index (χ1v) is 6.45. The molecule has 0 amide bonds. The minimum atomic E-state index is -0.794. The Kier molecular flexibility index (Phi) is 3.97. The summed E-state index contributed by atoms with van der Waals surface area (Å²) in [6, 6.07) is 2.90. The summed E-state index contributed by atoms with van der Waals surface area (Å²) in [6.45, 7) is 1.83. The van der Waals surface area contributed by atoms with E-state index >= 15 is 0 Å². The monoisotopic (exact) mass is 288 g/mol. The van der Waals surface area contributed by atoms with Crippen LogP contribution in [0.4, 0.5) is 8.78 Å². The molecule has 0 bridgehead atoms. The van der Waals surface area contributed by atoms with E-state index in [1.807, 2.05) is 12.3 Å². The minimum Gasteiger partial charge on any atom is -0.271 e. The normalized spacial score (nSPS) is 12.7. The van der Waals surface area contributed by atoms with Crippen molar-refractivity contribution in [3.63, 3.8) is 0 Å². The van der Waals surface area contributed by atoms with Gasteiger partial charge in [-0.15, -0.1) is 11.3 Å². The molecular weight excluding hydrogens is 278 g/mol. The standard InChI is InChI=1S/C12H11ClF2N2S/c1-6-5-18-12(10(6)13)11(17-16)9-7(14)3-2-4-8(9)15/h2-5,11,17H,16H2,1H3. The number of nitrogens with two attached hydrogens (primary N) is 1. The molecule has 0 fully saturated rings. The van der Waals surface area contributed by atoms with Crippen LogP contribution in [0.3, 0.4) is 0 Å². The fraction of sp³-hybridized carbons (Fsp3) is 0.167. The summed E-state index contributed by atoms with van der Waals surface area (Å²) in [5.74, 6) is 4.11. The average molecular weight is 289 g/mol. The second-order valence-corrected chi connectivity index (χ2v) is 5.12. The number of benzene rings is 1. The molecule has 2 rings (SSSR count). The van der Waals surface area contributed by atoms with E-state index in [1.165, 1.54) is 29.5 Å². The van der Waals surface area contributed by atoms with Crippen molar-refractivity contribution in [3.05, 3.63) is 56.2 Å². The van der Waals surface area contributed by atoms with Crippen molar-refractivity contribution in [1.82, 2.24) is 5.43 Å². The van der Waals surface area contributed by atoms with Crippen molar-refractivity contribution < 1.29 is 8.78 Å². The number of aryl methyl sites for hydroxylation is 1. The zero-order valence-corrected chi connectivity index (χ0v) is 11.1. The van der Waals surface area contributed by atoms with E-state index in [9.17, 15) is 8.78 Å². The zero-order chi connectivity index (χ0) is 13.3. The van der Waals surface area contributed by atoms with Crippen molar-refractivity contribution >= 4 is 22.9 Å². The number of hydrazine groups is 1. The highest BCUT2D eigenvalue weighted by Crippen LogP contribution is 2.36. The molecule has 0 spiro atoms. The highest BCUT2D eigenvalue weighted by molar-refractivity contribution is 7.10. The van der Waals surface area contributed by atoms with Gasteiger partial charge in [-0.25, -0.2) is 14.2 Å². The quantitative estimate of drug-likeness (QED) is 0.670. The molecule has 18 heavy (non-hydrogen) atoms. The van der Waals surface area contributed by atoms with E-state index in [4.69, 9.17) is 17.4 Å². The van der Waals surface area contributed by atoms with E-state index in [0.29, 0.717) is 9.90 Å². The van der Waals surface area contributed by atoms with E-state index in [-0.39, 0.29) is 5.56 Å². The van der Waals surface area contributed by atoms with Gasteiger partial charge in [0.05, 0.1) is 11.1 Å². The third kappa shape index (κ3) is 2.27. The summed E-state index contributed by atoms with van der Waals surface area (Å²) >= 11 is 7.42. The lowest BCUT2D eigenvalue weighted by atomic mass is 10.0. The summed E-state index contributed by atoms with van der Waals surface area (Å²) < 4.78 is 27.5. The van der Waals surface area contributed by atoms with Crippen LogP contribution in [0, 0.1) is 18.6 Å². The van der Waals surface area contributed by atoms with Crippen molar-refractivity contribution in [1.29, 1.82) is 0 Å². The molecule has 2 aromatic rings. The first kappa shape index (κ1) is 13.4. The van der Waals surface area contributed by atoms with Crippen molar-refractivity contribution in [3.8, 4) is 0 Å². The molecule has 1 aromatic heterocycles. The Morgan fingerprint density at radius 3 is 2.39 bits per heavy atom. The number of hydrogen-bond acceptors (Lipinski definition) is 3. The Balaban J connectivity index is 2.56. The lowest BCUT2D eigenvalue weighted by molar-refractivity contribution is 0.513. The van der Waals surface area contributed by atoms with Gasteiger partial charge < -0.3 is 0 Å². The van der Waals surface area contributed by atoms with Gasteiger partial charge in [-0.2, -0.15) is 0 Å². The van der Waals surface area contributed by atoms with Gasteiger partial charge in [-0.1, -0.05) is 17.7 Å². The highest BCUT2D eigenvalue weighted by atomic mass is 35.5. The summed E-state index contributed by atoms with van der Waals surface area (Å²) in [7, 11) is 0. The molecule has 2 nitrogen and oxygen atoms in total. The predicted molar refractivity (Wildman–Crippen MR) is 69.6 cm³/mol. The molecule has 1 unspecified atom stereocenters. The van der Waals surface area contributed by atoms with Crippen LogP contribution in [0.5, 0.6) is 0 Å². The molecule has 0 saturated heterocycles. The largest absolute Gasteiger partial charge is 0.271 e. The molecule has 3 N–H and O–H groups in total. The number of thiophene rings is 1. The van der Waals surface area contributed by atoms with E-state index in [1.54, 1.807) is 0 Å². The van der Waals surface area contributed by atoms with Gasteiger partial charge in [0.15, 0.2) is 0 Å². The minimum absolute atomic E-state index is 0.122. The molecule has 1 heterocycles. The van der Waals surface area contributed by atoms with Crippen LogP contribution < -0.4 is 11.3 Å². The van der Waals surface area contributed by atoms with Gasteiger partial charge in [0.1, 0.15) is 11.6 Å². The van der Waals surface area contributed by atoms with Crippen LogP contribution in [0.25, 0.3) is 0 Å². The van der Waals surface area contributed by atoms with Crippen LogP contribution in [0.1, 0.15) is 22.0 Å². The number of rotatable bonds is 3. The number of halogens is 3. The van der Waals surface area contributed by atoms with Gasteiger partial charge >= 0.3 is 0 Å². The van der Waals surface area contributed by atoms with Crippen molar-refractivity contribution in [2.45, 2.75) is 13.0 Å². The van der Waals surface area contributed by atoms with Gasteiger partial charge in [0.2, 0.25) is 0 Å². The summed E-state index contributed by atoms with van der Waals surface area (Å²) in [5.41, 5.74) is 3.15. The average Bonchev–Trinajstić information content (AvgIpc) is 2.66. The van der Waals surface area contributed by atoms with Crippen LogP contribution in [0.15, 0.2) is 23.6 Å². The second kappa shape index (κ2) is 5.32. The molecule has 1 aromatic carbocycles. The summed E-state index contributed by atoms with van der Waals surface area (Å²) in [6.07, 6.45) is 0. The lowest BCUT2D eigenvalue weighted by Gasteiger charge is -2.17. The molecule has 96 valence electrons. The zero-order valence-electron chi connectivity index (χ0n) is 9.51. The van der Waals surface area contributed by atoms with Crippen LogP contribution >= 0.6 is 22.9 Å². The third-order valence-electron chi connectivity index (χ3n) is 2.64. The second-order valence-electron chi connectivity index (χ2n) is 3.83. The van der Waals surface area contributed by atoms with Gasteiger partial charge in [-0.3, -0.25) is 5.84 Å². The van der Waals surface area contributed by atoms with Crippen LogP contribution in [-0.4, -0.2) is 0 Å². The fourth-order valence-electron chi connectivity index (χ4n) is 1.72. The molecular formula is C12H11ClF2N2S. The van der Waals surface area contributed by atoms with Gasteiger partial charge in [0.25, 0.3) is 0 Å². The van der Waals surface area contributed by atoms with E-state index in [2.05, 4.69) is 5.43 Å². The first-order chi connectivity index (χ1) is 8.56. The topological polar surface area (TPSA) is 38.0 Å².